The molecule has 128 valence electrons. The van der Waals surface area contributed by atoms with Gasteiger partial charge in [0.25, 0.3) is 5.91 Å². The minimum absolute atomic E-state index is 0.519. The van der Waals surface area contributed by atoms with E-state index in [2.05, 4.69) is 10.9 Å². The van der Waals surface area contributed by atoms with Crippen molar-refractivity contribution in [2.45, 2.75) is 57.6 Å². The molecule has 2 rings (SSSR count). The molecule has 0 aromatic heterocycles. The first-order valence-corrected chi connectivity index (χ1v) is 8.61. The van der Waals surface area contributed by atoms with Crippen LogP contribution >= 0.6 is 11.6 Å². The molecule has 23 heavy (non-hydrogen) atoms. The van der Waals surface area contributed by atoms with Crippen molar-refractivity contribution >= 4 is 23.2 Å². The summed E-state index contributed by atoms with van der Waals surface area (Å²) in [5.74, 6) is -0.00456. The molecule has 2 atom stereocenters. The fourth-order valence-electron chi connectivity index (χ4n) is 3.01. The predicted molar refractivity (Wildman–Crippen MR) is 93.1 cm³/mol. The number of anilines is 1. The minimum atomic E-state index is -1.22. The number of rotatable bonds is 6. The largest absolute Gasteiger partial charge is 0.382 e. The third kappa shape index (κ3) is 5.37. The van der Waals surface area contributed by atoms with Crippen LogP contribution in [0.4, 0.5) is 5.69 Å². The summed E-state index contributed by atoms with van der Waals surface area (Å²) in [6, 6.07) is 4.82. The van der Waals surface area contributed by atoms with E-state index < -0.39 is 18.1 Å². The first-order valence-electron chi connectivity index (χ1n) is 8.23. The average Bonchev–Trinajstić information content (AvgIpc) is 2.55. The molecule has 0 bridgehead atoms. The topological polar surface area (TPSA) is 87.4 Å². The molecular formula is C17H26ClN3O2. The molecule has 1 saturated carbocycles. The summed E-state index contributed by atoms with van der Waals surface area (Å²) in [7, 11) is 0. The number of hydrogen-bond acceptors (Lipinski definition) is 4. The zero-order valence-corrected chi connectivity index (χ0v) is 14.3. The zero-order valence-electron chi connectivity index (χ0n) is 13.5. The van der Waals surface area contributed by atoms with Crippen LogP contribution in [-0.4, -0.2) is 23.2 Å². The molecule has 6 heteroatoms. The maximum absolute atomic E-state index is 12.0. The van der Waals surface area contributed by atoms with E-state index in [1.165, 1.54) is 19.3 Å². The van der Waals surface area contributed by atoms with Gasteiger partial charge in [0, 0.05) is 11.1 Å². The van der Waals surface area contributed by atoms with Crippen molar-refractivity contribution < 1.29 is 9.90 Å². The van der Waals surface area contributed by atoms with Gasteiger partial charge in [0.1, 0.15) is 6.10 Å². The fraction of sp³-hybridized carbons (Fsp3) is 0.588. The number of nitrogens with two attached hydrogens (primary N) is 1. The normalized spacial score (nSPS) is 18.3. The van der Waals surface area contributed by atoms with Crippen LogP contribution in [-0.2, 0) is 4.79 Å². The standard InChI is InChI=1S/C17H26ClN3O2/c1-11-7-8-13(10-14(11)18)20-21-17(23)16(22)15(19)9-12-5-3-2-4-6-12/h7-8,10,12,15-16,20,22H,2-6,9,19H2,1H3,(H,21,23)/t15-,16?/m1/s1. The molecule has 5 nitrogen and oxygen atoms in total. The number of carbonyl (C=O) groups excluding carboxylic acids is 1. The fourth-order valence-corrected chi connectivity index (χ4v) is 3.19. The third-order valence-corrected chi connectivity index (χ3v) is 4.91. The van der Waals surface area contributed by atoms with Crippen molar-refractivity contribution in [2.24, 2.45) is 11.7 Å². The lowest BCUT2D eigenvalue weighted by Crippen LogP contribution is -2.48. The van der Waals surface area contributed by atoms with E-state index in [1.54, 1.807) is 12.1 Å². The van der Waals surface area contributed by atoms with Gasteiger partial charge in [-0.2, -0.15) is 0 Å². The number of halogens is 1. The Bertz CT molecular complexity index is 533. The van der Waals surface area contributed by atoms with Crippen LogP contribution in [0.25, 0.3) is 0 Å². The highest BCUT2D eigenvalue weighted by Gasteiger charge is 2.26. The van der Waals surface area contributed by atoms with Crippen LogP contribution in [0.1, 0.15) is 44.1 Å². The second-order valence-corrected chi connectivity index (χ2v) is 6.83. The highest BCUT2D eigenvalue weighted by atomic mass is 35.5. The molecule has 0 heterocycles. The highest BCUT2D eigenvalue weighted by molar-refractivity contribution is 6.31. The van der Waals surface area contributed by atoms with E-state index in [4.69, 9.17) is 17.3 Å². The van der Waals surface area contributed by atoms with Crippen LogP contribution in [0.15, 0.2) is 18.2 Å². The van der Waals surface area contributed by atoms with Gasteiger partial charge in [-0.1, -0.05) is 49.8 Å². The molecule has 1 unspecified atom stereocenters. The summed E-state index contributed by atoms with van der Waals surface area (Å²) < 4.78 is 0. The summed E-state index contributed by atoms with van der Waals surface area (Å²) >= 11 is 6.03. The van der Waals surface area contributed by atoms with Gasteiger partial charge in [0.15, 0.2) is 0 Å². The molecule has 5 N–H and O–H groups in total. The number of amides is 1. The first kappa shape index (κ1) is 18.0. The molecule has 1 aliphatic carbocycles. The van der Waals surface area contributed by atoms with Gasteiger partial charge in [-0.05, 0) is 37.0 Å². The lowest BCUT2D eigenvalue weighted by molar-refractivity contribution is -0.130. The van der Waals surface area contributed by atoms with Gasteiger partial charge in [0.05, 0.1) is 5.69 Å². The van der Waals surface area contributed by atoms with Gasteiger partial charge < -0.3 is 10.8 Å². The van der Waals surface area contributed by atoms with Crippen molar-refractivity contribution in [1.29, 1.82) is 0 Å². The summed E-state index contributed by atoms with van der Waals surface area (Å²) in [4.78, 5) is 12.0. The Morgan fingerprint density at radius 1 is 1.39 bits per heavy atom. The number of carbonyl (C=O) groups is 1. The Labute approximate surface area is 142 Å². The van der Waals surface area contributed by atoms with E-state index >= 15 is 0 Å². The summed E-state index contributed by atoms with van der Waals surface area (Å²) in [6.07, 6.45) is 5.46. The second kappa shape index (κ2) is 8.52. The Morgan fingerprint density at radius 2 is 2.09 bits per heavy atom. The lowest BCUT2D eigenvalue weighted by atomic mass is 9.84. The van der Waals surface area contributed by atoms with Crippen molar-refractivity contribution in [1.82, 2.24) is 5.43 Å². The average molecular weight is 340 g/mol. The Balaban J connectivity index is 1.80. The molecule has 0 spiro atoms. The molecular weight excluding hydrogens is 314 g/mol. The second-order valence-electron chi connectivity index (χ2n) is 6.43. The SMILES string of the molecule is Cc1ccc(NNC(=O)C(O)[C@H](N)CC2CCCCC2)cc1Cl. The van der Waals surface area contributed by atoms with Crippen molar-refractivity contribution in [2.75, 3.05) is 5.43 Å². The van der Waals surface area contributed by atoms with Crippen LogP contribution in [0.5, 0.6) is 0 Å². The maximum Gasteiger partial charge on any atom is 0.268 e. The Hall–Kier alpha value is -1.30. The van der Waals surface area contributed by atoms with Crippen LogP contribution in [0.3, 0.4) is 0 Å². The lowest BCUT2D eigenvalue weighted by Gasteiger charge is -2.26. The summed E-state index contributed by atoms with van der Waals surface area (Å²) in [5.41, 5.74) is 12.9. The number of aliphatic hydroxyl groups excluding tert-OH is 1. The van der Waals surface area contributed by atoms with E-state index in [1.807, 2.05) is 13.0 Å². The van der Waals surface area contributed by atoms with Crippen LogP contribution in [0, 0.1) is 12.8 Å². The third-order valence-electron chi connectivity index (χ3n) is 4.51. The molecule has 1 aromatic rings. The molecule has 0 aliphatic heterocycles. The Morgan fingerprint density at radius 3 is 2.74 bits per heavy atom. The van der Waals surface area contributed by atoms with Gasteiger partial charge in [0.2, 0.25) is 0 Å². The van der Waals surface area contributed by atoms with E-state index in [-0.39, 0.29) is 0 Å². The van der Waals surface area contributed by atoms with Crippen molar-refractivity contribution in [3.8, 4) is 0 Å². The quantitative estimate of drug-likeness (QED) is 0.600. The number of benzene rings is 1. The highest BCUT2D eigenvalue weighted by Crippen LogP contribution is 2.27. The summed E-state index contributed by atoms with van der Waals surface area (Å²) in [6.45, 7) is 1.90. The monoisotopic (exact) mass is 339 g/mol. The van der Waals surface area contributed by atoms with E-state index in [9.17, 15) is 9.90 Å². The van der Waals surface area contributed by atoms with E-state index in [0.29, 0.717) is 23.0 Å². The summed E-state index contributed by atoms with van der Waals surface area (Å²) in [5, 5.41) is 10.7. The molecule has 1 aromatic carbocycles. The van der Waals surface area contributed by atoms with Crippen LogP contribution in [0.2, 0.25) is 5.02 Å². The number of aliphatic hydroxyl groups is 1. The number of hydrogen-bond donors (Lipinski definition) is 4. The molecule has 0 saturated heterocycles. The van der Waals surface area contributed by atoms with Gasteiger partial charge in [-0.25, -0.2) is 0 Å². The Kier molecular flexibility index (Phi) is 6.69. The predicted octanol–water partition coefficient (Wildman–Crippen LogP) is 2.75. The van der Waals surface area contributed by atoms with Gasteiger partial charge >= 0.3 is 0 Å². The molecule has 1 fully saturated rings. The molecule has 0 radical (unpaired) electrons. The smallest absolute Gasteiger partial charge is 0.268 e. The van der Waals surface area contributed by atoms with Crippen molar-refractivity contribution in [3.05, 3.63) is 28.8 Å². The molecule has 1 aliphatic rings. The number of aryl methyl sites for hydroxylation is 1. The first-order chi connectivity index (χ1) is 11.0. The number of nitrogens with one attached hydrogen (secondary N) is 2. The van der Waals surface area contributed by atoms with E-state index in [0.717, 1.165) is 18.4 Å². The minimum Gasteiger partial charge on any atom is -0.382 e. The van der Waals surface area contributed by atoms with Gasteiger partial charge in [-0.15, -0.1) is 0 Å². The van der Waals surface area contributed by atoms with Gasteiger partial charge in [-0.3, -0.25) is 15.6 Å². The maximum atomic E-state index is 12.0. The van der Waals surface area contributed by atoms with Crippen molar-refractivity contribution in [3.63, 3.8) is 0 Å². The van der Waals surface area contributed by atoms with Crippen LogP contribution < -0.4 is 16.6 Å². The molecule has 1 amide bonds. The zero-order chi connectivity index (χ0) is 16.8. The number of hydrazine groups is 1.